The van der Waals surface area contributed by atoms with Gasteiger partial charge in [0, 0.05) is 13.1 Å². The Morgan fingerprint density at radius 2 is 1.70 bits per heavy atom. The molecular formula is C16H20FNO2. The van der Waals surface area contributed by atoms with Crippen molar-refractivity contribution in [2.24, 2.45) is 0 Å². The summed E-state index contributed by atoms with van der Waals surface area (Å²) < 4.78 is 13.0. The van der Waals surface area contributed by atoms with E-state index in [9.17, 15) is 14.3 Å². The number of hydrogen-bond donors (Lipinski definition) is 1. The molecule has 0 spiro atoms. The van der Waals surface area contributed by atoms with E-state index in [-0.39, 0.29) is 11.7 Å². The Hall–Kier alpha value is -1.42. The molecule has 1 amide bonds. The molecule has 1 saturated heterocycles. The second-order valence-electron chi connectivity index (χ2n) is 6.38. The van der Waals surface area contributed by atoms with Crippen LogP contribution in [0.15, 0.2) is 24.3 Å². The van der Waals surface area contributed by atoms with Crippen LogP contribution in [0.5, 0.6) is 0 Å². The summed E-state index contributed by atoms with van der Waals surface area (Å²) in [4.78, 5) is 14.6. The van der Waals surface area contributed by atoms with Gasteiger partial charge >= 0.3 is 0 Å². The SMILES string of the molecule is CC1(O)CCN(C(=O)C2(c3ccc(F)cc3)CC2)CC1. The number of amides is 1. The number of nitrogens with zero attached hydrogens (tertiary/aromatic N) is 1. The maximum absolute atomic E-state index is 13.0. The fourth-order valence-electron chi connectivity index (χ4n) is 3.01. The van der Waals surface area contributed by atoms with Crippen LogP contribution < -0.4 is 0 Å². The maximum atomic E-state index is 13.0. The van der Waals surface area contributed by atoms with E-state index in [0.717, 1.165) is 18.4 Å². The Morgan fingerprint density at radius 3 is 2.20 bits per heavy atom. The third kappa shape index (κ3) is 2.33. The van der Waals surface area contributed by atoms with Gasteiger partial charge in [0.1, 0.15) is 5.82 Å². The zero-order valence-electron chi connectivity index (χ0n) is 11.7. The van der Waals surface area contributed by atoms with Crippen molar-refractivity contribution in [3.05, 3.63) is 35.6 Å². The Kier molecular flexibility index (Phi) is 3.09. The minimum Gasteiger partial charge on any atom is -0.390 e. The van der Waals surface area contributed by atoms with E-state index in [1.165, 1.54) is 12.1 Å². The van der Waals surface area contributed by atoms with Gasteiger partial charge in [0.25, 0.3) is 0 Å². The first-order valence-corrected chi connectivity index (χ1v) is 7.21. The molecule has 3 nitrogen and oxygen atoms in total. The summed E-state index contributed by atoms with van der Waals surface area (Å²) in [6.07, 6.45) is 2.92. The van der Waals surface area contributed by atoms with Gasteiger partial charge in [-0.3, -0.25) is 4.79 Å². The first-order chi connectivity index (χ1) is 9.43. The minimum atomic E-state index is -0.649. The van der Waals surface area contributed by atoms with Crippen LogP contribution in [0, 0.1) is 5.82 Å². The van der Waals surface area contributed by atoms with Crippen LogP contribution >= 0.6 is 0 Å². The summed E-state index contributed by atoms with van der Waals surface area (Å²) in [6, 6.07) is 6.29. The summed E-state index contributed by atoms with van der Waals surface area (Å²) in [6.45, 7) is 3.03. The lowest BCUT2D eigenvalue weighted by atomic mass is 9.90. The molecule has 20 heavy (non-hydrogen) atoms. The van der Waals surface area contributed by atoms with Crippen molar-refractivity contribution in [1.82, 2.24) is 4.90 Å². The first-order valence-electron chi connectivity index (χ1n) is 7.21. The molecule has 0 radical (unpaired) electrons. The van der Waals surface area contributed by atoms with Crippen molar-refractivity contribution >= 4 is 5.91 Å². The van der Waals surface area contributed by atoms with Gasteiger partial charge in [-0.1, -0.05) is 12.1 Å². The molecule has 1 heterocycles. The molecule has 0 unspecified atom stereocenters. The number of hydrogen-bond acceptors (Lipinski definition) is 2. The maximum Gasteiger partial charge on any atom is 0.233 e. The molecule has 3 rings (SSSR count). The van der Waals surface area contributed by atoms with Gasteiger partial charge in [-0.05, 0) is 50.3 Å². The lowest BCUT2D eigenvalue weighted by molar-refractivity contribution is -0.137. The summed E-state index contributed by atoms with van der Waals surface area (Å²) >= 11 is 0. The van der Waals surface area contributed by atoms with Crippen molar-refractivity contribution in [3.63, 3.8) is 0 Å². The van der Waals surface area contributed by atoms with E-state index in [2.05, 4.69) is 0 Å². The Labute approximate surface area is 118 Å². The van der Waals surface area contributed by atoms with Crippen LogP contribution in [0.3, 0.4) is 0 Å². The lowest BCUT2D eigenvalue weighted by Gasteiger charge is -2.37. The third-order valence-electron chi connectivity index (χ3n) is 4.68. The lowest BCUT2D eigenvalue weighted by Crippen LogP contribution is -2.48. The Balaban J connectivity index is 1.75. The molecule has 2 aliphatic rings. The van der Waals surface area contributed by atoms with Gasteiger partial charge in [0.2, 0.25) is 5.91 Å². The number of aliphatic hydroxyl groups is 1. The van der Waals surface area contributed by atoms with Gasteiger partial charge in [0.15, 0.2) is 0 Å². The average molecular weight is 277 g/mol. The van der Waals surface area contributed by atoms with Gasteiger partial charge in [-0.25, -0.2) is 4.39 Å². The van der Waals surface area contributed by atoms with Crippen LogP contribution in [0.25, 0.3) is 0 Å². The zero-order chi connectivity index (χ0) is 14.4. The highest BCUT2D eigenvalue weighted by atomic mass is 19.1. The van der Waals surface area contributed by atoms with Crippen molar-refractivity contribution in [3.8, 4) is 0 Å². The first kappa shape index (κ1) is 13.6. The fraction of sp³-hybridized carbons (Fsp3) is 0.562. The number of rotatable bonds is 2. The van der Waals surface area contributed by atoms with Crippen molar-refractivity contribution in [1.29, 1.82) is 0 Å². The Morgan fingerprint density at radius 1 is 1.15 bits per heavy atom. The molecule has 0 aromatic heterocycles. The highest BCUT2D eigenvalue weighted by Crippen LogP contribution is 2.50. The molecule has 2 fully saturated rings. The zero-order valence-corrected chi connectivity index (χ0v) is 11.7. The molecule has 1 aromatic carbocycles. The van der Waals surface area contributed by atoms with Crippen LogP contribution in [-0.4, -0.2) is 34.6 Å². The molecule has 108 valence electrons. The second-order valence-corrected chi connectivity index (χ2v) is 6.38. The number of likely N-dealkylation sites (tertiary alicyclic amines) is 1. The number of piperidine rings is 1. The smallest absolute Gasteiger partial charge is 0.233 e. The second kappa shape index (κ2) is 4.55. The number of benzene rings is 1. The topological polar surface area (TPSA) is 40.5 Å². The summed E-state index contributed by atoms with van der Waals surface area (Å²) in [7, 11) is 0. The van der Waals surface area contributed by atoms with Gasteiger partial charge in [0.05, 0.1) is 11.0 Å². The van der Waals surface area contributed by atoms with Gasteiger partial charge in [-0.15, -0.1) is 0 Å². The molecule has 1 N–H and O–H groups in total. The predicted molar refractivity (Wildman–Crippen MR) is 73.7 cm³/mol. The largest absolute Gasteiger partial charge is 0.390 e. The monoisotopic (exact) mass is 277 g/mol. The predicted octanol–water partition coefficient (Wildman–Crippen LogP) is 2.23. The molecule has 1 aliphatic carbocycles. The highest BCUT2D eigenvalue weighted by Gasteiger charge is 2.53. The van der Waals surface area contributed by atoms with E-state index < -0.39 is 11.0 Å². The van der Waals surface area contributed by atoms with Crippen LogP contribution in [0.4, 0.5) is 4.39 Å². The molecule has 0 bridgehead atoms. The van der Waals surface area contributed by atoms with Crippen LogP contribution in [0.1, 0.15) is 38.2 Å². The van der Waals surface area contributed by atoms with E-state index >= 15 is 0 Å². The van der Waals surface area contributed by atoms with Crippen molar-refractivity contribution < 1.29 is 14.3 Å². The molecule has 0 atom stereocenters. The molecule has 1 saturated carbocycles. The van der Waals surface area contributed by atoms with Crippen LogP contribution in [-0.2, 0) is 10.2 Å². The standard InChI is InChI=1S/C16H20FNO2/c1-15(20)8-10-18(11-9-15)14(19)16(6-7-16)12-2-4-13(17)5-3-12/h2-5,20H,6-11H2,1H3. The fourth-order valence-corrected chi connectivity index (χ4v) is 3.01. The van der Waals surface area contributed by atoms with Crippen molar-refractivity contribution in [2.75, 3.05) is 13.1 Å². The Bertz CT molecular complexity index is 510. The van der Waals surface area contributed by atoms with Crippen LogP contribution in [0.2, 0.25) is 0 Å². The normalized spacial score (nSPS) is 23.4. The van der Waals surface area contributed by atoms with E-state index in [1.807, 2.05) is 11.8 Å². The van der Waals surface area contributed by atoms with Gasteiger partial charge < -0.3 is 10.0 Å². The van der Waals surface area contributed by atoms with Crippen molar-refractivity contribution in [2.45, 2.75) is 43.6 Å². The van der Waals surface area contributed by atoms with E-state index in [1.54, 1.807) is 12.1 Å². The van der Waals surface area contributed by atoms with Gasteiger partial charge in [-0.2, -0.15) is 0 Å². The summed E-state index contributed by atoms with van der Waals surface area (Å²) in [5.41, 5.74) is -0.165. The molecule has 1 aromatic rings. The average Bonchev–Trinajstić information content (AvgIpc) is 3.20. The van der Waals surface area contributed by atoms with E-state index in [0.29, 0.717) is 25.9 Å². The minimum absolute atomic E-state index is 0.139. The van der Waals surface area contributed by atoms with E-state index in [4.69, 9.17) is 0 Å². The number of halogens is 1. The third-order valence-corrected chi connectivity index (χ3v) is 4.68. The number of carbonyl (C=O) groups is 1. The number of carbonyl (C=O) groups excluding carboxylic acids is 1. The molecule has 4 heteroatoms. The summed E-state index contributed by atoms with van der Waals surface area (Å²) in [5.74, 6) is -0.134. The summed E-state index contributed by atoms with van der Waals surface area (Å²) in [5, 5.41) is 9.96. The quantitative estimate of drug-likeness (QED) is 0.900. The molecular weight excluding hydrogens is 257 g/mol. The highest BCUT2D eigenvalue weighted by molar-refractivity contribution is 5.91. The molecule has 1 aliphatic heterocycles.